The Morgan fingerprint density at radius 2 is 1.72 bits per heavy atom. The molecule has 5 rings (SSSR count). The van der Waals surface area contributed by atoms with Crippen molar-refractivity contribution in [2.45, 2.75) is 51.7 Å². The zero-order chi connectivity index (χ0) is 22.4. The van der Waals surface area contributed by atoms with Crippen LogP contribution in [-0.2, 0) is 4.74 Å². The van der Waals surface area contributed by atoms with Crippen molar-refractivity contribution in [3.05, 3.63) is 69.8 Å². The fourth-order valence-electron chi connectivity index (χ4n) is 5.31. The highest BCUT2D eigenvalue weighted by Crippen LogP contribution is 2.35. The van der Waals surface area contributed by atoms with E-state index in [0.29, 0.717) is 29.8 Å². The largest absolute Gasteiger partial charge is 0.376 e. The van der Waals surface area contributed by atoms with Gasteiger partial charge in [-0.05, 0) is 63.3 Å². The smallest absolute Gasteiger partial charge is 0.261 e. The van der Waals surface area contributed by atoms with Gasteiger partial charge in [0.05, 0.1) is 29.8 Å². The van der Waals surface area contributed by atoms with Crippen LogP contribution in [0.15, 0.2) is 36.4 Å². The second kappa shape index (κ2) is 8.17. The highest BCUT2D eigenvalue weighted by atomic mass is 16.5. The van der Waals surface area contributed by atoms with Gasteiger partial charge in [-0.25, -0.2) is 0 Å². The summed E-state index contributed by atoms with van der Waals surface area (Å²) >= 11 is 0. The number of imide groups is 1. The Hall–Kier alpha value is -2.99. The van der Waals surface area contributed by atoms with Gasteiger partial charge in [0.25, 0.3) is 17.7 Å². The number of hydrogen-bond acceptors (Lipinski definition) is 4. The monoisotopic (exact) mass is 432 g/mol. The summed E-state index contributed by atoms with van der Waals surface area (Å²) in [5.74, 6) is -0.719. The predicted molar refractivity (Wildman–Crippen MR) is 120 cm³/mol. The van der Waals surface area contributed by atoms with E-state index in [2.05, 4.69) is 32.0 Å². The molecule has 0 radical (unpaired) electrons. The third-order valence-electron chi connectivity index (χ3n) is 6.77. The Morgan fingerprint density at radius 3 is 2.44 bits per heavy atom. The normalized spacial score (nSPS) is 22.7. The lowest BCUT2D eigenvalue weighted by atomic mass is 9.99. The highest BCUT2D eigenvalue weighted by molar-refractivity contribution is 6.22. The van der Waals surface area contributed by atoms with Crippen molar-refractivity contribution in [1.82, 2.24) is 9.80 Å². The molecule has 2 fully saturated rings. The molecule has 3 amide bonds. The molecular weight excluding hydrogens is 404 g/mol. The molecule has 2 saturated heterocycles. The fraction of sp³-hybridized carbons (Fsp3) is 0.423. The van der Waals surface area contributed by atoms with Crippen LogP contribution in [0.4, 0.5) is 0 Å². The molecule has 3 aliphatic rings. The number of aryl methyl sites for hydroxylation is 2. The SMILES string of the molecule is Cc1cc(C)cc(C2CCCN2C(=O)c2ccc3c(c2)C(=O)N(CC2CCCO2)C3=O)c1. The van der Waals surface area contributed by atoms with E-state index in [1.807, 2.05) is 4.90 Å². The van der Waals surface area contributed by atoms with Gasteiger partial charge >= 0.3 is 0 Å². The average Bonchev–Trinajstić information content (AvgIpc) is 3.50. The van der Waals surface area contributed by atoms with Crippen LogP contribution in [0.3, 0.4) is 0 Å². The van der Waals surface area contributed by atoms with Crippen LogP contribution in [0.25, 0.3) is 0 Å². The Kier molecular flexibility index (Phi) is 5.33. The molecule has 0 saturated carbocycles. The first-order valence-corrected chi connectivity index (χ1v) is 11.4. The lowest BCUT2D eigenvalue weighted by Gasteiger charge is -2.26. The first kappa shape index (κ1) is 20.9. The molecule has 0 N–H and O–H groups in total. The fourth-order valence-corrected chi connectivity index (χ4v) is 5.31. The zero-order valence-corrected chi connectivity index (χ0v) is 18.6. The number of carbonyl (C=O) groups is 3. The minimum atomic E-state index is -0.331. The maximum absolute atomic E-state index is 13.4. The molecular formula is C26H28N2O4. The maximum Gasteiger partial charge on any atom is 0.261 e. The van der Waals surface area contributed by atoms with E-state index < -0.39 is 0 Å². The van der Waals surface area contributed by atoms with Crippen molar-refractivity contribution < 1.29 is 19.1 Å². The van der Waals surface area contributed by atoms with Gasteiger partial charge in [0.15, 0.2) is 0 Å². The van der Waals surface area contributed by atoms with E-state index in [1.165, 1.54) is 16.0 Å². The predicted octanol–water partition coefficient (Wildman–Crippen LogP) is 4.06. The average molecular weight is 433 g/mol. The summed E-state index contributed by atoms with van der Waals surface area (Å²) < 4.78 is 5.60. The van der Waals surface area contributed by atoms with Gasteiger partial charge in [0.2, 0.25) is 0 Å². The number of amides is 3. The van der Waals surface area contributed by atoms with Crippen LogP contribution in [0.5, 0.6) is 0 Å². The first-order valence-electron chi connectivity index (χ1n) is 11.4. The second-order valence-corrected chi connectivity index (χ2v) is 9.19. The first-order chi connectivity index (χ1) is 15.4. The van der Waals surface area contributed by atoms with E-state index in [0.717, 1.165) is 31.2 Å². The molecule has 3 heterocycles. The van der Waals surface area contributed by atoms with Crippen LogP contribution in [0.2, 0.25) is 0 Å². The van der Waals surface area contributed by atoms with E-state index in [1.54, 1.807) is 18.2 Å². The Labute approximate surface area is 188 Å². The summed E-state index contributed by atoms with van der Waals surface area (Å²) in [6.07, 6.45) is 3.57. The Morgan fingerprint density at radius 1 is 0.969 bits per heavy atom. The second-order valence-electron chi connectivity index (χ2n) is 9.19. The van der Waals surface area contributed by atoms with Crippen LogP contribution in [0, 0.1) is 13.8 Å². The molecule has 166 valence electrons. The van der Waals surface area contributed by atoms with Crippen molar-refractivity contribution >= 4 is 17.7 Å². The molecule has 0 spiro atoms. The number of ether oxygens (including phenoxy) is 1. The number of rotatable bonds is 4. The highest BCUT2D eigenvalue weighted by Gasteiger charge is 2.39. The third-order valence-corrected chi connectivity index (χ3v) is 6.77. The number of fused-ring (bicyclic) bond motifs is 1. The van der Waals surface area contributed by atoms with Crippen molar-refractivity contribution in [3.8, 4) is 0 Å². The minimum absolute atomic E-state index is 0.0303. The molecule has 2 aromatic carbocycles. The molecule has 0 bridgehead atoms. The van der Waals surface area contributed by atoms with E-state index in [4.69, 9.17) is 4.74 Å². The van der Waals surface area contributed by atoms with Gasteiger partial charge in [-0.1, -0.05) is 29.3 Å². The molecule has 2 unspecified atom stereocenters. The molecule has 6 nitrogen and oxygen atoms in total. The van der Waals surface area contributed by atoms with Crippen LogP contribution in [-0.4, -0.2) is 53.3 Å². The van der Waals surface area contributed by atoms with Gasteiger partial charge in [-0.3, -0.25) is 19.3 Å². The van der Waals surface area contributed by atoms with E-state index in [-0.39, 0.29) is 36.4 Å². The van der Waals surface area contributed by atoms with Gasteiger partial charge in [-0.15, -0.1) is 0 Å². The van der Waals surface area contributed by atoms with Gasteiger partial charge in [0, 0.05) is 18.7 Å². The van der Waals surface area contributed by atoms with Crippen molar-refractivity contribution in [2.24, 2.45) is 0 Å². The Balaban J connectivity index is 1.39. The number of nitrogens with zero attached hydrogens (tertiary/aromatic N) is 2. The lowest BCUT2D eigenvalue weighted by molar-refractivity contribution is 0.0475. The zero-order valence-electron chi connectivity index (χ0n) is 18.6. The van der Waals surface area contributed by atoms with Gasteiger partial charge in [0.1, 0.15) is 0 Å². The molecule has 0 aromatic heterocycles. The van der Waals surface area contributed by atoms with Crippen LogP contribution in [0.1, 0.15) is 79.5 Å². The van der Waals surface area contributed by atoms with Crippen LogP contribution >= 0.6 is 0 Å². The quantitative estimate of drug-likeness (QED) is 0.684. The summed E-state index contributed by atoms with van der Waals surface area (Å²) in [5.41, 5.74) is 4.68. The Bertz CT molecular complexity index is 1080. The summed E-state index contributed by atoms with van der Waals surface area (Å²) in [6, 6.07) is 11.4. The minimum Gasteiger partial charge on any atom is -0.376 e. The topological polar surface area (TPSA) is 66.9 Å². The standard InChI is InChI=1S/C26H28N2O4/c1-16-11-17(2)13-19(12-16)23-6-3-9-27(23)24(29)18-7-8-21-22(14-18)26(31)28(25(21)30)15-20-5-4-10-32-20/h7-8,11-14,20,23H,3-6,9-10,15H2,1-2H3. The summed E-state index contributed by atoms with van der Waals surface area (Å²) in [7, 11) is 0. The van der Waals surface area contributed by atoms with Crippen LogP contribution < -0.4 is 0 Å². The molecule has 0 aliphatic carbocycles. The van der Waals surface area contributed by atoms with Gasteiger partial charge < -0.3 is 9.64 Å². The van der Waals surface area contributed by atoms with Crippen molar-refractivity contribution in [1.29, 1.82) is 0 Å². The molecule has 2 atom stereocenters. The summed E-state index contributed by atoms with van der Waals surface area (Å²) in [6.45, 7) is 5.78. The third kappa shape index (κ3) is 3.62. The molecule has 6 heteroatoms. The lowest BCUT2D eigenvalue weighted by Crippen LogP contribution is -2.36. The maximum atomic E-state index is 13.4. The van der Waals surface area contributed by atoms with Crippen molar-refractivity contribution in [3.63, 3.8) is 0 Å². The summed E-state index contributed by atoms with van der Waals surface area (Å²) in [4.78, 5) is 42.4. The molecule has 3 aliphatic heterocycles. The molecule has 32 heavy (non-hydrogen) atoms. The number of carbonyl (C=O) groups excluding carboxylic acids is 3. The van der Waals surface area contributed by atoms with E-state index >= 15 is 0 Å². The van der Waals surface area contributed by atoms with Gasteiger partial charge in [-0.2, -0.15) is 0 Å². The number of likely N-dealkylation sites (tertiary alicyclic amines) is 1. The van der Waals surface area contributed by atoms with Crippen molar-refractivity contribution in [2.75, 3.05) is 19.7 Å². The molecule has 2 aromatic rings. The van der Waals surface area contributed by atoms with E-state index in [9.17, 15) is 14.4 Å². The summed E-state index contributed by atoms with van der Waals surface area (Å²) in [5, 5.41) is 0. The number of hydrogen-bond donors (Lipinski definition) is 0. The number of benzene rings is 2.